The Labute approximate surface area is 116 Å². The quantitative estimate of drug-likeness (QED) is 0.828. The molecule has 0 heterocycles. The van der Waals surface area contributed by atoms with E-state index in [2.05, 4.69) is 0 Å². The van der Waals surface area contributed by atoms with Crippen molar-refractivity contribution in [2.45, 2.75) is 18.9 Å². The van der Waals surface area contributed by atoms with E-state index in [0.717, 1.165) is 0 Å². The summed E-state index contributed by atoms with van der Waals surface area (Å²) in [7, 11) is 0. The lowest BCUT2D eigenvalue weighted by Crippen LogP contribution is -2.16. The maximum atomic E-state index is 13.5. The van der Waals surface area contributed by atoms with Crippen LogP contribution in [0.25, 0.3) is 0 Å². The molecule has 20 heavy (non-hydrogen) atoms. The van der Waals surface area contributed by atoms with E-state index in [0.29, 0.717) is 18.4 Å². The van der Waals surface area contributed by atoms with Gasteiger partial charge in [0.05, 0.1) is 0 Å². The Kier molecular flexibility index (Phi) is 4.67. The van der Waals surface area contributed by atoms with Gasteiger partial charge in [0.25, 0.3) is 0 Å². The van der Waals surface area contributed by atoms with E-state index in [1.165, 1.54) is 18.2 Å². The van der Waals surface area contributed by atoms with E-state index in [4.69, 9.17) is 10.00 Å². The van der Waals surface area contributed by atoms with Crippen LogP contribution in [-0.4, -0.2) is 6.10 Å². The van der Waals surface area contributed by atoms with Gasteiger partial charge in [-0.15, -0.1) is 0 Å². The Morgan fingerprint density at radius 3 is 2.30 bits per heavy atom. The zero-order chi connectivity index (χ0) is 14.4. The van der Waals surface area contributed by atoms with Crippen molar-refractivity contribution in [3.8, 4) is 11.8 Å². The summed E-state index contributed by atoms with van der Waals surface area (Å²) in [4.78, 5) is 0. The molecule has 0 saturated carbocycles. The lowest BCUT2D eigenvalue weighted by atomic mass is 10.1. The minimum absolute atomic E-state index is 0.0348. The summed E-state index contributed by atoms with van der Waals surface area (Å²) in [5.74, 6) is -0.790. The molecule has 0 aliphatic carbocycles. The van der Waals surface area contributed by atoms with Crippen molar-refractivity contribution < 1.29 is 13.5 Å². The molecule has 0 saturated heterocycles. The maximum Gasteiger partial charge on any atom is 0.184 e. The van der Waals surface area contributed by atoms with Crippen LogP contribution in [0.4, 0.5) is 8.78 Å². The van der Waals surface area contributed by atoms with E-state index in [1.807, 2.05) is 6.07 Å². The third kappa shape index (κ3) is 3.55. The van der Waals surface area contributed by atoms with Gasteiger partial charge in [-0.3, -0.25) is 0 Å². The topological polar surface area (TPSA) is 33.0 Å². The summed E-state index contributed by atoms with van der Waals surface area (Å²) < 4.78 is 32.2. The van der Waals surface area contributed by atoms with Gasteiger partial charge >= 0.3 is 0 Å². The molecule has 0 spiro atoms. The summed E-state index contributed by atoms with van der Waals surface area (Å²) in [6, 6.07) is 14.2. The third-order valence-corrected chi connectivity index (χ3v) is 2.88. The molecule has 0 fully saturated rings. The summed E-state index contributed by atoms with van der Waals surface area (Å²) >= 11 is 0. The molecule has 4 heteroatoms. The van der Waals surface area contributed by atoms with Crippen molar-refractivity contribution in [2.75, 3.05) is 0 Å². The van der Waals surface area contributed by atoms with Crippen molar-refractivity contribution in [3.05, 3.63) is 65.7 Å². The minimum Gasteiger partial charge on any atom is -0.472 e. The predicted molar refractivity (Wildman–Crippen MR) is 71.2 cm³/mol. The molecule has 0 radical (unpaired) electrons. The molecule has 0 aliphatic rings. The molecule has 2 nitrogen and oxygen atoms in total. The summed E-state index contributed by atoms with van der Waals surface area (Å²) in [5, 5.41) is 9.03. The van der Waals surface area contributed by atoms with Crippen molar-refractivity contribution >= 4 is 0 Å². The molecule has 102 valence electrons. The van der Waals surface area contributed by atoms with Gasteiger partial charge in [-0.25, -0.2) is 8.78 Å². The Hall–Kier alpha value is -2.41. The number of benzene rings is 2. The summed E-state index contributed by atoms with van der Waals surface area (Å²) in [6.07, 6.45) is -0.156. The van der Waals surface area contributed by atoms with Gasteiger partial charge in [-0.2, -0.15) is 5.26 Å². The van der Waals surface area contributed by atoms with Crippen LogP contribution >= 0.6 is 0 Å². The fourth-order valence-corrected chi connectivity index (χ4v) is 1.83. The molecule has 1 atom stereocenters. The van der Waals surface area contributed by atoms with Gasteiger partial charge in [0.15, 0.2) is 17.7 Å². The van der Waals surface area contributed by atoms with E-state index in [1.54, 1.807) is 30.3 Å². The number of aryl methyl sites for hydroxylation is 1. The van der Waals surface area contributed by atoms with Gasteiger partial charge in [0.2, 0.25) is 0 Å². The highest BCUT2D eigenvalue weighted by molar-refractivity contribution is 5.25. The van der Waals surface area contributed by atoms with E-state index in [9.17, 15) is 8.78 Å². The second-order valence-electron chi connectivity index (χ2n) is 4.30. The minimum atomic E-state index is -0.813. The van der Waals surface area contributed by atoms with E-state index in [-0.39, 0.29) is 11.6 Å². The highest BCUT2D eigenvalue weighted by Gasteiger charge is 2.13. The number of halogens is 2. The molecular weight excluding hydrogens is 260 g/mol. The summed E-state index contributed by atoms with van der Waals surface area (Å²) in [6.45, 7) is 0. The number of rotatable bonds is 5. The normalized spacial score (nSPS) is 11.7. The van der Waals surface area contributed by atoms with Gasteiger partial charge in [-0.1, -0.05) is 30.3 Å². The standard InChI is InChI=1S/C16H13F2NO/c17-14-6-2-1-5-12(14)9-10-13(11-19)20-16-8-4-3-7-15(16)18/h1-8,13H,9-10H2. The summed E-state index contributed by atoms with van der Waals surface area (Å²) in [5.41, 5.74) is 0.518. The molecule has 2 rings (SSSR count). The molecule has 0 N–H and O–H groups in total. The molecule has 1 unspecified atom stereocenters. The van der Waals surface area contributed by atoms with Crippen molar-refractivity contribution in [1.82, 2.24) is 0 Å². The van der Waals surface area contributed by atoms with Crippen molar-refractivity contribution in [2.24, 2.45) is 0 Å². The fraction of sp³-hybridized carbons (Fsp3) is 0.188. The van der Waals surface area contributed by atoms with Gasteiger partial charge in [0.1, 0.15) is 11.9 Å². The van der Waals surface area contributed by atoms with Crippen LogP contribution in [0.3, 0.4) is 0 Å². The number of nitriles is 1. The lowest BCUT2D eigenvalue weighted by Gasteiger charge is -2.13. The number of hydrogen-bond acceptors (Lipinski definition) is 2. The van der Waals surface area contributed by atoms with E-state index >= 15 is 0 Å². The van der Waals surface area contributed by atoms with Crippen molar-refractivity contribution in [1.29, 1.82) is 5.26 Å². The van der Waals surface area contributed by atoms with Crippen molar-refractivity contribution in [3.63, 3.8) is 0 Å². The van der Waals surface area contributed by atoms with Crippen LogP contribution in [0.15, 0.2) is 48.5 Å². The largest absolute Gasteiger partial charge is 0.472 e. The first-order valence-electron chi connectivity index (χ1n) is 6.25. The average Bonchev–Trinajstić information content (AvgIpc) is 2.47. The molecule has 0 aliphatic heterocycles. The zero-order valence-electron chi connectivity index (χ0n) is 10.7. The van der Waals surface area contributed by atoms with Crippen LogP contribution in [0, 0.1) is 23.0 Å². The highest BCUT2D eigenvalue weighted by Crippen LogP contribution is 2.19. The SMILES string of the molecule is N#CC(CCc1ccccc1F)Oc1ccccc1F. The maximum absolute atomic E-state index is 13.5. The second kappa shape index (κ2) is 6.67. The Morgan fingerprint density at radius 2 is 1.65 bits per heavy atom. The number of ether oxygens (including phenoxy) is 1. The smallest absolute Gasteiger partial charge is 0.184 e. The highest BCUT2D eigenvalue weighted by atomic mass is 19.1. The second-order valence-corrected chi connectivity index (χ2v) is 4.30. The first-order valence-corrected chi connectivity index (χ1v) is 6.25. The average molecular weight is 273 g/mol. The van der Waals surface area contributed by atoms with Crippen LogP contribution in [0.1, 0.15) is 12.0 Å². The molecule has 0 bridgehead atoms. The zero-order valence-corrected chi connectivity index (χ0v) is 10.7. The monoisotopic (exact) mass is 273 g/mol. The molecule has 0 amide bonds. The Bertz CT molecular complexity index is 622. The van der Waals surface area contributed by atoms with Crippen LogP contribution in [0.2, 0.25) is 0 Å². The Morgan fingerprint density at radius 1 is 1.00 bits per heavy atom. The van der Waals surface area contributed by atoms with Gasteiger partial charge in [-0.05, 0) is 30.2 Å². The predicted octanol–water partition coefficient (Wildman–Crippen LogP) is 3.87. The molecule has 2 aromatic carbocycles. The van der Waals surface area contributed by atoms with Crippen LogP contribution < -0.4 is 4.74 Å². The van der Waals surface area contributed by atoms with Crippen LogP contribution in [-0.2, 0) is 6.42 Å². The molecule has 2 aromatic rings. The van der Waals surface area contributed by atoms with Gasteiger partial charge in [0, 0.05) is 6.42 Å². The number of para-hydroxylation sites is 1. The van der Waals surface area contributed by atoms with Crippen LogP contribution in [0.5, 0.6) is 5.75 Å². The third-order valence-electron chi connectivity index (χ3n) is 2.88. The first kappa shape index (κ1) is 14.0. The van der Waals surface area contributed by atoms with E-state index < -0.39 is 11.9 Å². The fourth-order valence-electron chi connectivity index (χ4n) is 1.83. The molecule has 0 aromatic heterocycles. The lowest BCUT2D eigenvalue weighted by molar-refractivity contribution is 0.234. The number of nitrogens with zero attached hydrogens (tertiary/aromatic N) is 1. The Balaban J connectivity index is 1.99. The van der Waals surface area contributed by atoms with Gasteiger partial charge < -0.3 is 4.74 Å². The molecular formula is C16H13F2NO. The number of hydrogen-bond donors (Lipinski definition) is 0. The first-order chi connectivity index (χ1) is 9.70.